The van der Waals surface area contributed by atoms with E-state index >= 15 is 0 Å². The fraction of sp³-hybridized carbons (Fsp3) is 1.00. The molecule has 0 spiro atoms. The molecule has 0 aliphatic rings. The van der Waals surface area contributed by atoms with Gasteiger partial charge >= 0.3 is 0 Å². The summed E-state index contributed by atoms with van der Waals surface area (Å²) in [5.74, 6) is 0. The summed E-state index contributed by atoms with van der Waals surface area (Å²) in [6.45, 7) is 2.26. The molecule has 0 fully saturated rings. The van der Waals surface area contributed by atoms with Crippen LogP contribution in [0.2, 0.25) is 0 Å². The highest BCUT2D eigenvalue weighted by molar-refractivity contribution is 14.2. The molecule has 0 saturated carbocycles. The van der Waals surface area contributed by atoms with Gasteiger partial charge in [0.25, 0.3) is 0 Å². The van der Waals surface area contributed by atoms with Gasteiger partial charge < -0.3 is 0 Å². The highest BCUT2D eigenvalue weighted by atomic mass is 127. The average Bonchev–Trinajstić information content (AvgIpc) is 1.88. The summed E-state index contributed by atoms with van der Waals surface area (Å²) >= 11 is 10.2. The van der Waals surface area contributed by atoms with E-state index < -0.39 is 0 Å². The van der Waals surface area contributed by atoms with Crippen LogP contribution in [0.25, 0.3) is 0 Å². The van der Waals surface area contributed by atoms with Gasteiger partial charge in [-0.1, -0.05) is 117 Å². The van der Waals surface area contributed by atoms with Crippen molar-refractivity contribution in [3.8, 4) is 0 Å². The number of halogens is 4. The molecule has 0 heterocycles. The summed E-state index contributed by atoms with van der Waals surface area (Å²) in [5, 5.41) is 0. The van der Waals surface area contributed by atoms with Crippen molar-refractivity contribution >= 4 is 90.4 Å². The molecule has 0 unspecified atom stereocenters. The van der Waals surface area contributed by atoms with Gasteiger partial charge in [0.2, 0.25) is 0 Å². The van der Waals surface area contributed by atoms with Crippen molar-refractivity contribution in [3.63, 3.8) is 0 Å². The summed E-state index contributed by atoms with van der Waals surface area (Å²) in [7, 11) is 0. The van der Waals surface area contributed by atoms with E-state index in [2.05, 4.69) is 97.3 Å². The molecule has 0 aromatic rings. The lowest BCUT2D eigenvalue weighted by Gasteiger charge is -2.22. The van der Waals surface area contributed by atoms with E-state index in [1.807, 2.05) is 0 Å². The summed E-state index contributed by atoms with van der Waals surface area (Å²) < 4.78 is 1.20. The van der Waals surface area contributed by atoms with Gasteiger partial charge in [-0.05, 0) is 6.42 Å². The third kappa shape index (κ3) is 6.92. The quantitative estimate of drug-likeness (QED) is 0.227. The Morgan fingerprint density at radius 2 is 1.73 bits per heavy atom. The van der Waals surface area contributed by atoms with Crippen LogP contribution in [-0.2, 0) is 0 Å². The van der Waals surface area contributed by atoms with E-state index in [0.29, 0.717) is 1.43 Å². The molecule has 0 rings (SSSR count). The van der Waals surface area contributed by atoms with Crippen molar-refractivity contribution in [1.29, 1.82) is 0 Å². The lowest BCUT2D eigenvalue weighted by molar-refractivity contribution is 0.668. The van der Waals surface area contributed by atoms with Gasteiger partial charge in [0, 0.05) is 0 Å². The molecular formula is C7H12I4. The fourth-order valence-corrected chi connectivity index (χ4v) is 2.11. The first kappa shape index (κ1) is 13.9. The molecule has 4 heteroatoms. The van der Waals surface area contributed by atoms with E-state index in [-0.39, 0.29) is 0 Å². The molecule has 0 aromatic carbocycles. The van der Waals surface area contributed by atoms with Gasteiger partial charge in [-0.25, -0.2) is 0 Å². The lowest BCUT2D eigenvalue weighted by atomic mass is 10.2. The van der Waals surface area contributed by atoms with Crippen molar-refractivity contribution in [2.24, 2.45) is 0 Å². The number of alkyl halides is 4. The van der Waals surface area contributed by atoms with Crippen LogP contribution in [0.15, 0.2) is 0 Å². The van der Waals surface area contributed by atoms with Gasteiger partial charge in [-0.2, -0.15) is 0 Å². The first-order valence-corrected chi connectivity index (χ1v) is 8.31. The molecule has 0 aliphatic carbocycles. The van der Waals surface area contributed by atoms with Crippen molar-refractivity contribution in [2.45, 2.75) is 36.0 Å². The van der Waals surface area contributed by atoms with Gasteiger partial charge in [-0.3, -0.25) is 0 Å². The second-order valence-corrected chi connectivity index (χ2v) is 13.3. The zero-order valence-electron chi connectivity index (χ0n) is 6.42. The van der Waals surface area contributed by atoms with E-state index in [1.54, 1.807) is 0 Å². The zero-order valence-corrected chi connectivity index (χ0v) is 15.0. The highest BCUT2D eigenvalue weighted by Gasteiger charge is 2.28. The standard InChI is InChI=1S/C7H12I4/c1-2-3-4-5-7(10,11)6(8)9/h6H,2-5H2,1H3. The van der Waals surface area contributed by atoms with Crippen LogP contribution in [0, 0.1) is 0 Å². The van der Waals surface area contributed by atoms with Gasteiger partial charge in [0.15, 0.2) is 0 Å². The van der Waals surface area contributed by atoms with Crippen LogP contribution in [0.5, 0.6) is 0 Å². The fourth-order valence-electron chi connectivity index (χ4n) is 0.720. The van der Waals surface area contributed by atoms with Crippen molar-refractivity contribution in [1.82, 2.24) is 0 Å². The Kier molecular flexibility index (Phi) is 9.17. The maximum Gasteiger partial charge on any atom is 0.0941 e. The molecule has 0 atom stereocenters. The smallest absolute Gasteiger partial charge is 0.0686 e. The molecule has 0 aromatic heterocycles. The molecule has 0 amide bonds. The van der Waals surface area contributed by atoms with E-state index in [1.165, 1.54) is 25.7 Å². The Bertz CT molecular complexity index is 101. The predicted molar refractivity (Wildman–Crippen MR) is 86.7 cm³/mol. The molecule has 0 radical (unpaired) electrons. The minimum Gasteiger partial charge on any atom is -0.0686 e. The first-order valence-electron chi connectivity index (χ1n) is 3.66. The third-order valence-electron chi connectivity index (χ3n) is 1.43. The Morgan fingerprint density at radius 3 is 2.09 bits per heavy atom. The Hall–Kier alpha value is 2.92. The van der Waals surface area contributed by atoms with E-state index in [0.717, 1.165) is 1.93 Å². The minimum atomic E-state index is 0.464. The van der Waals surface area contributed by atoms with Crippen molar-refractivity contribution in [2.75, 3.05) is 0 Å². The Morgan fingerprint density at radius 1 is 1.18 bits per heavy atom. The second-order valence-electron chi connectivity index (χ2n) is 2.52. The minimum absolute atomic E-state index is 0.464. The molecule has 0 N–H and O–H groups in total. The van der Waals surface area contributed by atoms with Gasteiger partial charge in [0.05, 0.1) is 3.36 Å². The third-order valence-corrected chi connectivity index (χ3v) is 10.7. The normalized spacial score (nSPS) is 12.5. The molecule has 0 bridgehead atoms. The largest absolute Gasteiger partial charge is 0.0941 e. The number of hydrogen-bond donors (Lipinski definition) is 0. The number of hydrogen-bond acceptors (Lipinski definition) is 0. The predicted octanol–water partition coefficient (Wildman–Crippen LogP) is 5.33. The molecular weight excluding hydrogens is 592 g/mol. The van der Waals surface area contributed by atoms with Crippen LogP contribution in [0.4, 0.5) is 0 Å². The Balaban J connectivity index is 3.55. The number of rotatable bonds is 5. The van der Waals surface area contributed by atoms with Crippen LogP contribution in [0.3, 0.4) is 0 Å². The number of unbranched alkanes of at least 4 members (excludes halogenated alkanes) is 2. The summed E-state index contributed by atoms with van der Waals surface area (Å²) in [4.78, 5) is 0. The molecule has 0 saturated heterocycles. The van der Waals surface area contributed by atoms with Crippen LogP contribution < -0.4 is 0 Å². The maximum atomic E-state index is 2.58. The van der Waals surface area contributed by atoms with Gasteiger partial charge in [-0.15, -0.1) is 0 Å². The lowest BCUT2D eigenvalue weighted by Crippen LogP contribution is -2.18. The highest BCUT2D eigenvalue weighted by Crippen LogP contribution is 2.43. The molecule has 11 heavy (non-hydrogen) atoms. The zero-order chi connectivity index (χ0) is 8.91. The summed E-state index contributed by atoms with van der Waals surface area (Å²) in [6, 6.07) is 0. The summed E-state index contributed by atoms with van der Waals surface area (Å²) in [6.07, 6.45) is 5.44. The SMILES string of the molecule is CCCCCC(I)(I)C(I)I. The van der Waals surface area contributed by atoms with Gasteiger partial charge in [0.1, 0.15) is 0 Å². The molecule has 0 nitrogen and oxygen atoms in total. The van der Waals surface area contributed by atoms with E-state index in [9.17, 15) is 0 Å². The summed E-state index contributed by atoms with van der Waals surface area (Å²) in [5.41, 5.74) is 0. The van der Waals surface area contributed by atoms with Crippen LogP contribution in [-0.4, -0.2) is 3.36 Å². The molecule has 68 valence electrons. The second kappa shape index (κ2) is 7.24. The van der Waals surface area contributed by atoms with Crippen LogP contribution in [0.1, 0.15) is 32.6 Å². The van der Waals surface area contributed by atoms with E-state index in [4.69, 9.17) is 0 Å². The topological polar surface area (TPSA) is 0 Å². The van der Waals surface area contributed by atoms with Crippen molar-refractivity contribution < 1.29 is 0 Å². The van der Waals surface area contributed by atoms with Crippen molar-refractivity contribution in [3.05, 3.63) is 0 Å². The monoisotopic (exact) mass is 604 g/mol. The molecule has 0 aliphatic heterocycles. The maximum absolute atomic E-state index is 2.58. The Labute approximate surface area is 124 Å². The first-order chi connectivity index (χ1) is 5.00. The average molecular weight is 604 g/mol. The van der Waals surface area contributed by atoms with Crippen LogP contribution >= 0.6 is 90.4 Å².